The molecular formula is C14H12F3IN2O3. The van der Waals surface area contributed by atoms with Gasteiger partial charge in [0, 0.05) is 29.4 Å². The van der Waals surface area contributed by atoms with Gasteiger partial charge < -0.3 is 5.32 Å². The smallest absolute Gasteiger partial charge is 0.325 e. The summed E-state index contributed by atoms with van der Waals surface area (Å²) < 4.78 is 38.5. The lowest BCUT2D eigenvalue weighted by Crippen LogP contribution is -2.32. The summed E-state index contributed by atoms with van der Waals surface area (Å²) in [6.45, 7) is -0.0704. The lowest BCUT2D eigenvalue weighted by molar-refractivity contribution is -0.139. The second-order valence-electron chi connectivity index (χ2n) is 4.93. The molecule has 0 saturated carbocycles. The van der Waals surface area contributed by atoms with Crippen LogP contribution in [0.5, 0.6) is 0 Å². The first kappa shape index (κ1) is 17.7. The molecule has 23 heavy (non-hydrogen) atoms. The molecule has 0 unspecified atom stereocenters. The van der Waals surface area contributed by atoms with E-state index in [0.29, 0.717) is 3.57 Å². The summed E-state index contributed by atoms with van der Waals surface area (Å²) in [5.41, 5.74) is -0.817. The van der Waals surface area contributed by atoms with E-state index < -0.39 is 17.6 Å². The number of rotatable bonds is 4. The number of carbonyl (C=O) groups excluding carboxylic acids is 3. The number of hydrogen-bond acceptors (Lipinski definition) is 3. The largest absolute Gasteiger partial charge is 0.416 e. The Labute approximate surface area is 143 Å². The zero-order chi connectivity index (χ0) is 17.2. The first-order valence-electron chi connectivity index (χ1n) is 6.68. The lowest BCUT2D eigenvalue weighted by atomic mass is 10.2. The Morgan fingerprint density at radius 2 is 1.83 bits per heavy atom. The average molecular weight is 440 g/mol. The van der Waals surface area contributed by atoms with Crippen LogP contribution in [0.25, 0.3) is 0 Å². The van der Waals surface area contributed by atoms with Crippen molar-refractivity contribution < 1.29 is 27.6 Å². The summed E-state index contributed by atoms with van der Waals surface area (Å²) in [6.07, 6.45) is -4.40. The summed E-state index contributed by atoms with van der Waals surface area (Å²) in [5.74, 6) is -1.23. The van der Waals surface area contributed by atoms with Crippen molar-refractivity contribution in [2.45, 2.75) is 25.4 Å². The van der Waals surface area contributed by atoms with Crippen molar-refractivity contribution in [1.82, 2.24) is 4.90 Å². The molecule has 9 heteroatoms. The van der Waals surface area contributed by atoms with Crippen LogP contribution >= 0.6 is 22.6 Å². The molecule has 0 spiro atoms. The molecule has 0 radical (unpaired) electrons. The topological polar surface area (TPSA) is 66.5 Å². The summed E-state index contributed by atoms with van der Waals surface area (Å²) in [5, 5.41) is 2.38. The third kappa shape index (κ3) is 4.43. The molecule has 0 aromatic heterocycles. The third-order valence-corrected chi connectivity index (χ3v) is 4.23. The number of nitrogens with one attached hydrogen (secondary N) is 1. The van der Waals surface area contributed by atoms with E-state index >= 15 is 0 Å². The molecule has 1 aromatic carbocycles. The van der Waals surface area contributed by atoms with E-state index in [1.165, 1.54) is 6.07 Å². The summed E-state index contributed by atoms with van der Waals surface area (Å²) in [6, 6.07) is 3.04. The van der Waals surface area contributed by atoms with Crippen molar-refractivity contribution in [3.63, 3.8) is 0 Å². The highest BCUT2D eigenvalue weighted by Crippen LogP contribution is 2.32. The van der Waals surface area contributed by atoms with E-state index in [1.54, 1.807) is 0 Å². The van der Waals surface area contributed by atoms with Crippen LogP contribution in [0.1, 0.15) is 24.8 Å². The van der Waals surface area contributed by atoms with Gasteiger partial charge in [-0.3, -0.25) is 19.3 Å². The van der Waals surface area contributed by atoms with Crippen LogP contribution in [-0.2, 0) is 20.6 Å². The van der Waals surface area contributed by atoms with Gasteiger partial charge in [-0.25, -0.2) is 0 Å². The first-order chi connectivity index (χ1) is 10.7. The Bertz CT molecular complexity index is 645. The van der Waals surface area contributed by atoms with Gasteiger partial charge in [0.05, 0.1) is 11.3 Å². The number of carbonyl (C=O) groups is 3. The maximum absolute atomic E-state index is 12.7. The Hall–Kier alpha value is -1.65. The zero-order valence-corrected chi connectivity index (χ0v) is 13.9. The molecule has 1 aliphatic heterocycles. The van der Waals surface area contributed by atoms with Crippen LogP contribution in [0.2, 0.25) is 0 Å². The fraction of sp³-hybridized carbons (Fsp3) is 0.357. The second kappa shape index (κ2) is 6.85. The van der Waals surface area contributed by atoms with Crippen LogP contribution in [0.4, 0.5) is 18.9 Å². The molecular weight excluding hydrogens is 428 g/mol. The van der Waals surface area contributed by atoms with Crippen molar-refractivity contribution in [3.8, 4) is 0 Å². The van der Waals surface area contributed by atoms with Crippen LogP contribution in [-0.4, -0.2) is 29.2 Å². The number of amides is 3. The van der Waals surface area contributed by atoms with Gasteiger partial charge in [-0.05, 0) is 40.8 Å². The van der Waals surface area contributed by atoms with Crippen LogP contribution in [0, 0.1) is 3.57 Å². The molecule has 124 valence electrons. The number of alkyl halides is 3. The van der Waals surface area contributed by atoms with Crippen LogP contribution in [0.15, 0.2) is 18.2 Å². The number of likely N-dealkylation sites (tertiary alicyclic amines) is 1. The number of benzene rings is 1. The van der Waals surface area contributed by atoms with Gasteiger partial charge in [-0.2, -0.15) is 13.2 Å². The molecule has 3 amide bonds. The number of imide groups is 1. The van der Waals surface area contributed by atoms with E-state index in [-0.39, 0.29) is 43.3 Å². The Kier molecular flexibility index (Phi) is 5.27. The van der Waals surface area contributed by atoms with Gasteiger partial charge >= 0.3 is 6.18 Å². The van der Waals surface area contributed by atoms with E-state index in [9.17, 15) is 27.6 Å². The lowest BCUT2D eigenvalue weighted by Gasteiger charge is -2.14. The Morgan fingerprint density at radius 3 is 2.39 bits per heavy atom. The molecule has 0 atom stereocenters. The standard InChI is InChI=1S/C14H12F3IN2O3/c15-14(16,17)8-1-2-9(18)10(7-8)19-11(21)5-6-20-12(22)3-4-13(20)23/h1-2,7H,3-6H2,(H,19,21). The first-order valence-corrected chi connectivity index (χ1v) is 7.76. The predicted molar refractivity (Wildman–Crippen MR) is 83.4 cm³/mol. The summed E-state index contributed by atoms with van der Waals surface area (Å²) in [7, 11) is 0. The Balaban J connectivity index is 2.00. The number of halogens is 4. The molecule has 1 heterocycles. The fourth-order valence-electron chi connectivity index (χ4n) is 2.10. The predicted octanol–water partition coefficient (Wildman–Crippen LogP) is 2.79. The van der Waals surface area contributed by atoms with Crippen molar-refractivity contribution in [3.05, 3.63) is 27.3 Å². The van der Waals surface area contributed by atoms with E-state index in [0.717, 1.165) is 17.0 Å². The van der Waals surface area contributed by atoms with Crippen LogP contribution in [0.3, 0.4) is 0 Å². The maximum atomic E-state index is 12.7. The van der Waals surface area contributed by atoms with E-state index in [2.05, 4.69) is 5.32 Å². The molecule has 2 rings (SSSR count). The molecule has 1 fully saturated rings. The maximum Gasteiger partial charge on any atom is 0.416 e. The average Bonchev–Trinajstić information content (AvgIpc) is 2.77. The molecule has 1 aliphatic rings. The minimum atomic E-state index is -4.50. The van der Waals surface area contributed by atoms with E-state index in [4.69, 9.17) is 0 Å². The molecule has 1 aromatic rings. The van der Waals surface area contributed by atoms with Crippen molar-refractivity contribution >= 4 is 46.0 Å². The molecule has 0 aliphatic carbocycles. The molecule has 1 N–H and O–H groups in total. The highest BCUT2D eigenvalue weighted by molar-refractivity contribution is 14.1. The Morgan fingerprint density at radius 1 is 1.22 bits per heavy atom. The van der Waals surface area contributed by atoms with Crippen molar-refractivity contribution in [1.29, 1.82) is 0 Å². The molecule has 1 saturated heterocycles. The van der Waals surface area contributed by atoms with Crippen molar-refractivity contribution in [2.75, 3.05) is 11.9 Å². The zero-order valence-electron chi connectivity index (χ0n) is 11.7. The fourth-order valence-corrected chi connectivity index (χ4v) is 2.57. The van der Waals surface area contributed by atoms with Gasteiger partial charge in [-0.15, -0.1) is 0 Å². The van der Waals surface area contributed by atoms with Crippen molar-refractivity contribution in [2.24, 2.45) is 0 Å². The molecule has 5 nitrogen and oxygen atoms in total. The van der Waals surface area contributed by atoms with Gasteiger partial charge in [0.25, 0.3) is 0 Å². The highest BCUT2D eigenvalue weighted by atomic mass is 127. The van der Waals surface area contributed by atoms with Crippen LogP contribution < -0.4 is 5.32 Å². The highest BCUT2D eigenvalue weighted by Gasteiger charge is 2.31. The number of hydrogen-bond donors (Lipinski definition) is 1. The second-order valence-corrected chi connectivity index (χ2v) is 6.09. The number of anilines is 1. The number of nitrogens with zero attached hydrogens (tertiary/aromatic N) is 1. The normalized spacial score (nSPS) is 15.2. The quantitative estimate of drug-likeness (QED) is 0.579. The SMILES string of the molecule is O=C(CCN1C(=O)CCC1=O)Nc1cc(C(F)(F)F)ccc1I. The van der Waals surface area contributed by atoms with E-state index in [1.807, 2.05) is 22.6 Å². The van der Waals surface area contributed by atoms with Gasteiger partial charge in [-0.1, -0.05) is 0 Å². The van der Waals surface area contributed by atoms with Gasteiger partial charge in [0.1, 0.15) is 0 Å². The minimum absolute atomic E-state index is 0.0458. The monoisotopic (exact) mass is 440 g/mol. The summed E-state index contributed by atoms with van der Waals surface area (Å²) in [4.78, 5) is 35.7. The molecule has 0 bridgehead atoms. The minimum Gasteiger partial charge on any atom is -0.325 e. The third-order valence-electron chi connectivity index (χ3n) is 3.29. The summed E-state index contributed by atoms with van der Waals surface area (Å²) >= 11 is 1.81. The van der Waals surface area contributed by atoms with Gasteiger partial charge in [0.2, 0.25) is 17.7 Å². The van der Waals surface area contributed by atoms with Gasteiger partial charge in [0.15, 0.2) is 0 Å².